The van der Waals surface area contributed by atoms with Crippen LogP contribution in [0.1, 0.15) is 64.3 Å². The fourth-order valence-electron chi connectivity index (χ4n) is 4.75. The van der Waals surface area contributed by atoms with Gasteiger partial charge in [0.15, 0.2) is 9.84 Å². The molecule has 2 aliphatic rings. The molecule has 0 amide bonds. The number of allylic oxidation sites excluding steroid dienone is 4. The highest BCUT2D eigenvalue weighted by atomic mass is 32.2. The van der Waals surface area contributed by atoms with Crippen molar-refractivity contribution in [2.75, 3.05) is 5.75 Å². The molecule has 0 atom stereocenters. The molecule has 0 aromatic carbocycles. The number of pyridine rings is 2. The van der Waals surface area contributed by atoms with Crippen molar-refractivity contribution in [2.45, 2.75) is 57.6 Å². The quantitative estimate of drug-likeness (QED) is 0.553. The molecule has 32 heavy (non-hydrogen) atoms. The molecule has 0 N–H and O–H groups in total. The van der Waals surface area contributed by atoms with Crippen molar-refractivity contribution in [3.8, 4) is 0 Å². The summed E-state index contributed by atoms with van der Waals surface area (Å²) in [6, 6.07) is 11.2. The van der Waals surface area contributed by atoms with Crippen molar-refractivity contribution in [1.29, 1.82) is 0 Å². The molecule has 0 saturated heterocycles. The number of hydrogen-bond donors (Lipinski definition) is 0. The summed E-state index contributed by atoms with van der Waals surface area (Å²) in [5, 5.41) is 0. The molecule has 2 aromatic heterocycles. The van der Waals surface area contributed by atoms with Crippen molar-refractivity contribution in [1.82, 2.24) is 9.97 Å². The van der Waals surface area contributed by atoms with E-state index in [0.29, 0.717) is 17.7 Å². The summed E-state index contributed by atoms with van der Waals surface area (Å²) in [6.45, 7) is 5.28. The standard InChI is InChI=1S/C26H31FN2O2S/c1-26(2,3)32(30,31)17-18-10-12-19(13-11-18)20-16-21(22-8-4-6-14-28-22)24(25(20)27)23-9-5-7-15-29-23/h4-9,14-15,18-19H,10-13,16-17H2,1-3H3. The number of sulfone groups is 1. The molecule has 1 saturated carbocycles. The monoisotopic (exact) mass is 454 g/mol. The van der Waals surface area contributed by atoms with Crippen molar-refractivity contribution in [3.63, 3.8) is 0 Å². The van der Waals surface area contributed by atoms with Gasteiger partial charge in [0.1, 0.15) is 5.83 Å². The van der Waals surface area contributed by atoms with E-state index in [1.54, 1.807) is 33.2 Å². The summed E-state index contributed by atoms with van der Waals surface area (Å²) >= 11 is 0. The molecule has 2 aromatic rings. The SMILES string of the molecule is CC(C)(C)S(=O)(=O)CC1CCC(C2=C(F)C(c3ccccn3)=C(c3ccccn3)C2)CC1. The van der Waals surface area contributed by atoms with Gasteiger partial charge in [0.05, 0.1) is 21.9 Å². The minimum absolute atomic E-state index is 0.128. The van der Waals surface area contributed by atoms with Gasteiger partial charge in [-0.2, -0.15) is 0 Å². The Balaban J connectivity index is 1.55. The van der Waals surface area contributed by atoms with Crippen LogP contribution >= 0.6 is 0 Å². The molecule has 2 heterocycles. The van der Waals surface area contributed by atoms with Crippen molar-refractivity contribution in [2.24, 2.45) is 11.8 Å². The molecule has 2 aliphatic carbocycles. The van der Waals surface area contributed by atoms with E-state index in [0.717, 1.165) is 42.5 Å². The van der Waals surface area contributed by atoms with Gasteiger partial charge in [0.2, 0.25) is 0 Å². The summed E-state index contributed by atoms with van der Waals surface area (Å²) in [5.41, 5.74) is 3.67. The van der Waals surface area contributed by atoms with Crippen LogP contribution in [0.25, 0.3) is 11.1 Å². The fraction of sp³-hybridized carbons (Fsp3) is 0.462. The summed E-state index contributed by atoms with van der Waals surface area (Å²) in [7, 11) is -3.15. The Morgan fingerprint density at radius 3 is 2.06 bits per heavy atom. The van der Waals surface area contributed by atoms with Gasteiger partial charge in [-0.3, -0.25) is 9.97 Å². The Hall–Kier alpha value is -2.34. The van der Waals surface area contributed by atoms with Crippen LogP contribution < -0.4 is 0 Å². The molecule has 0 aliphatic heterocycles. The number of aromatic nitrogens is 2. The van der Waals surface area contributed by atoms with Gasteiger partial charge in [-0.15, -0.1) is 0 Å². The lowest BCUT2D eigenvalue weighted by molar-refractivity contribution is 0.315. The maximum atomic E-state index is 15.8. The van der Waals surface area contributed by atoms with E-state index in [1.165, 1.54) is 0 Å². The topological polar surface area (TPSA) is 59.9 Å². The third-order valence-electron chi connectivity index (χ3n) is 6.79. The zero-order chi connectivity index (χ0) is 22.9. The molecular formula is C26H31FN2O2S. The van der Waals surface area contributed by atoms with E-state index < -0.39 is 14.6 Å². The maximum absolute atomic E-state index is 15.8. The molecule has 4 nitrogen and oxygen atoms in total. The van der Waals surface area contributed by atoms with Gasteiger partial charge in [-0.1, -0.05) is 12.1 Å². The number of hydrogen-bond acceptors (Lipinski definition) is 4. The lowest BCUT2D eigenvalue weighted by Crippen LogP contribution is -2.34. The smallest absolute Gasteiger partial charge is 0.155 e. The van der Waals surface area contributed by atoms with Crippen molar-refractivity contribution in [3.05, 3.63) is 71.6 Å². The van der Waals surface area contributed by atoms with E-state index in [4.69, 9.17) is 0 Å². The van der Waals surface area contributed by atoms with Crippen LogP contribution in [-0.4, -0.2) is 28.9 Å². The lowest BCUT2D eigenvalue weighted by Gasteiger charge is -2.31. The van der Waals surface area contributed by atoms with Gasteiger partial charge in [0, 0.05) is 18.0 Å². The average Bonchev–Trinajstić information content (AvgIpc) is 3.11. The minimum Gasteiger partial charge on any atom is -0.257 e. The summed E-state index contributed by atoms with van der Waals surface area (Å²) < 4.78 is 40.3. The molecule has 6 heteroatoms. The molecule has 0 unspecified atom stereocenters. The highest BCUT2D eigenvalue weighted by molar-refractivity contribution is 7.92. The molecular weight excluding hydrogens is 423 g/mol. The van der Waals surface area contributed by atoms with E-state index in [-0.39, 0.29) is 23.4 Å². The molecule has 4 rings (SSSR count). The predicted octanol–water partition coefficient (Wildman–Crippen LogP) is 6.03. The van der Waals surface area contributed by atoms with Gasteiger partial charge < -0.3 is 0 Å². The second kappa shape index (κ2) is 8.89. The van der Waals surface area contributed by atoms with Crippen LogP contribution in [0.3, 0.4) is 0 Å². The van der Waals surface area contributed by atoms with Gasteiger partial charge in [-0.25, -0.2) is 12.8 Å². The minimum atomic E-state index is -3.15. The average molecular weight is 455 g/mol. The molecule has 0 bridgehead atoms. The van der Waals surface area contributed by atoms with Crippen LogP contribution in [0.2, 0.25) is 0 Å². The third kappa shape index (κ3) is 4.56. The summed E-state index contributed by atoms with van der Waals surface area (Å²) in [6.07, 6.45) is 7.21. The summed E-state index contributed by atoms with van der Waals surface area (Å²) in [4.78, 5) is 8.90. The highest BCUT2D eigenvalue weighted by Crippen LogP contribution is 2.49. The van der Waals surface area contributed by atoms with Gasteiger partial charge in [0.25, 0.3) is 0 Å². The van der Waals surface area contributed by atoms with Gasteiger partial charge in [-0.05, 0) is 100 Å². The predicted molar refractivity (Wildman–Crippen MR) is 127 cm³/mol. The van der Waals surface area contributed by atoms with Crippen molar-refractivity contribution >= 4 is 21.0 Å². The van der Waals surface area contributed by atoms with Crippen LogP contribution in [-0.2, 0) is 9.84 Å². The van der Waals surface area contributed by atoms with E-state index in [2.05, 4.69) is 9.97 Å². The molecule has 1 fully saturated rings. The second-order valence-electron chi connectivity index (χ2n) is 9.91. The first-order valence-corrected chi connectivity index (χ1v) is 13.0. The van der Waals surface area contributed by atoms with E-state index in [9.17, 15) is 8.42 Å². The van der Waals surface area contributed by atoms with Crippen LogP contribution in [0.4, 0.5) is 4.39 Å². The first-order chi connectivity index (χ1) is 15.2. The normalized spacial score (nSPS) is 22.5. The fourth-order valence-corrected chi connectivity index (χ4v) is 6.20. The summed E-state index contributed by atoms with van der Waals surface area (Å²) in [5.74, 6) is 0.333. The first kappa shape index (κ1) is 22.8. The maximum Gasteiger partial charge on any atom is 0.155 e. The highest BCUT2D eigenvalue weighted by Gasteiger charge is 2.37. The number of nitrogens with zero attached hydrogens (tertiary/aromatic N) is 2. The Kier molecular flexibility index (Phi) is 6.35. The largest absolute Gasteiger partial charge is 0.257 e. The van der Waals surface area contributed by atoms with E-state index in [1.807, 2.05) is 36.4 Å². The Labute approximate surface area is 190 Å². The van der Waals surface area contributed by atoms with Crippen LogP contribution in [0, 0.1) is 11.8 Å². The van der Waals surface area contributed by atoms with Gasteiger partial charge >= 0.3 is 0 Å². The Morgan fingerprint density at radius 2 is 1.53 bits per heavy atom. The Bertz CT molecular complexity index is 1130. The Morgan fingerprint density at radius 1 is 0.938 bits per heavy atom. The zero-order valence-corrected chi connectivity index (χ0v) is 19.8. The number of rotatable bonds is 5. The van der Waals surface area contributed by atoms with Crippen molar-refractivity contribution < 1.29 is 12.8 Å². The molecule has 170 valence electrons. The zero-order valence-electron chi connectivity index (χ0n) is 19.0. The second-order valence-corrected chi connectivity index (χ2v) is 12.7. The third-order valence-corrected chi connectivity index (χ3v) is 9.57. The van der Waals surface area contributed by atoms with E-state index >= 15 is 4.39 Å². The molecule has 0 radical (unpaired) electrons. The molecule has 0 spiro atoms. The first-order valence-electron chi connectivity index (χ1n) is 11.3. The van der Waals surface area contributed by atoms with Crippen LogP contribution in [0.15, 0.2) is 60.2 Å². The van der Waals surface area contributed by atoms with Crippen LogP contribution in [0.5, 0.6) is 0 Å². The number of halogens is 1. The lowest BCUT2D eigenvalue weighted by atomic mass is 9.78.